The lowest BCUT2D eigenvalue weighted by molar-refractivity contribution is -0.385. The number of nitro groups is 1. The fraction of sp³-hybridized carbons (Fsp3) is 0.375. The molecule has 1 aromatic carbocycles. The van der Waals surface area contributed by atoms with Gasteiger partial charge in [0.1, 0.15) is 6.61 Å². The first-order valence-corrected chi connectivity index (χ1v) is 8.93. The third-order valence-corrected chi connectivity index (χ3v) is 4.35. The molecule has 0 saturated heterocycles. The summed E-state index contributed by atoms with van der Waals surface area (Å²) in [6.45, 7) is 3.46. The van der Waals surface area contributed by atoms with Crippen LogP contribution in [0.5, 0.6) is 0 Å². The van der Waals surface area contributed by atoms with Crippen molar-refractivity contribution in [2.24, 2.45) is 0 Å². The topological polar surface area (TPSA) is 111 Å². The largest absolute Gasteiger partial charge is 0.461 e. The van der Waals surface area contributed by atoms with E-state index in [4.69, 9.17) is 4.74 Å². The predicted octanol–water partition coefficient (Wildman–Crippen LogP) is 2.44. The number of esters is 1. The molecule has 0 saturated carbocycles. The summed E-state index contributed by atoms with van der Waals surface area (Å²) in [5.41, 5.74) is 1.48. The second-order valence-electron chi connectivity index (χ2n) is 5.50. The maximum Gasteiger partial charge on any atom is 0.338 e. The predicted molar refractivity (Wildman–Crippen MR) is 94.3 cm³/mol. The van der Waals surface area contributed by atoms with Gasteiger partial charge in [-0.15, -0.1) is 0 Å². The summed E-state index contributed by atoms with van der Waals surface area (Å²) >= 11 is 1.54. The molecule has 25 heavy (non-hydrogen) atoms. The van der Waals surface area contributed by atoms with E-state index in [1.54, 1.807) is 37.7 Å². The monoisotopic (exact) mass is 365 g/mol. The van der Waals surface area contributed by atoms with Crippen molar-refractivity contribution in [2.45, 2.75) is 19.9 Å². The lowest BCUT2D eigenvalue weighted by Gasteiger charge is -2.28. The van der Waals surface area contributed by atoms with Gasteiger partial charge in [0.05, 0.1) is 16.5 Å². The summed E-state index contributed by atoms with van der Waals surface area (Å²) in [6.07, 6.45) is 1.90. The average Bonchev–Trinajstić information content (AvgIpc) is 2.54. The molecule has 0 aromatic heterocycles. The van der Waals surface area contributed by atoms with E-state index in [-0.39, 0.29) is 17.9 Å². The molecule has 2 N–H and O–H groups in total. The van der Waals surface area contributed by atoms with Crippen molar-refractivity contribution >= 4 is 29.4 Å². The highest BCUT2D eigenvalue weighted by molar-refractivity contribution is 7.98. The molecule has 0 spiro atoms. The highest BCUT2D eigenvalue weighted by Gasteiger charge is 2.33. The van der Waals surface area contributed by atoms with Crippen molar-refractivity contribution in [2.75, 3.05) is 18.6 Å². The molecule has 0 unspecified atom stereocenters. The number of carbonyl (C=O) groups is 2. The number of benzene rings is 1. The van der Waals surface area contributed by atoms with Gasteiger partial charge in [-0.25, -0.2) is 9.59 Å². The summed E-state index contributed by atoms with van der Waals surface area (Å²) < 4.78 is 5.24. The normalized spacial score (nSPS) is 16.9. The minimum atomic E-state index is -0.810. The van der Waals surface area contributed by atoms with Gasteiger partial charge in [0.2, 0.25) is 0 Å². The van der Waals surface area contributed by atoms with Crippen LogP contribution >= 0.6 is 11.8 Å². The number of aryl methyl sites for hydroxylation is 1. The lowest BCUT2D eigenvalue weighted by atomic mass is 9.94. The number of ether oxygens (including phenoxy) is 1. The third-order valence-electron chi connectivity index (χ3n) is 3.77. The minimum Gasteiger partial charge on any atom is -0.461 e. The van der Waals surface area contributed by atoms with Gasteiger partial charge in [0.15, 0.2) is 0 Å². The number of carbonyl (C=O) groups excluding carboxylic acids is 2. The summed E-state index contributed by atoms with van der Waals surface area (Å²) in [6, 6.07) is 3.32. The number of nitro benzene ring substituents is 1. The molecule has 1 aromatic rings. The fourth-order valence-corrected chi connectivity index (χ4v) is 2.76. The van der Waals surface area contributed by atoms with Crippen molar-refractivity contribution in [3.63, 3.8) is 0 Å². The van der Waals surface area contributed by atoms with Crippen molar-refractivity contribution < 1.29 is 19.2 Å². The van der Waals surface area contributed by atoms with E-state index in [1.165, 1.54) is 6.07 Å². The van der Waals surface area contributed by atoms with Crippen molar-refractivity contribution in [3.8, 4) is 0 Å². The molecule has 9 heteroatoms. The van der Waals surface area contributed by atoms with Gasteiger partial charge in [-0.3, -0.25) is 10.1 Å². The average molecular weight is 365 g/mol. The van der Waals surface area contributed by atoms with Crippen LogP contribution in [-0.4, -0.2) is 35.5 Å². The van der Waals surface area contributed by atoms with E-state index in [0.717, 1.165) is 0 Å². The second-order valence-corrected chi connectivity index (χ2v) is 6.49. The van der Waals surface area contributed by atoms with Gasteiger partial charge in [-0.05, 0) is 25.7 Å². The van der Waals surface area contributed by atoms with Crippen molar-refractivity contribution in [1.29, 1.82) is 0 Å². The summed E-state index contributed by atoms with van der Waals surface area (Å²) in [7, 11) is 0. The molecule has 0 radical (unpaired) electrons. The van der Waals surface area contributed by atoms with Crippen LogP contribution in [0.2, 0.25) is 0 Å². The molecule has 1 heterocycles. The van der Waals surface area contributed by atoms with Crippen LogP contribution in [0.4, 0.5) is 10.5 Å². The summed E-state index contributed by atoms with van der Waals surface area (Å²) in [5, 5.41) is 16.3. The van der Waals surface area contributed by atoms with Crippen LogP contribution in [0.15, 0.2) is 29.5 Å². The smallest absolute Gasteiger partial charge is 0.338 e. The molecule has 2 amide bonds. The molecule has 1 atom stereocenters. The SMILES string of the molecule is CSCCOC(=O)C1=C(C)NC(=O)N[C@H]1c1ccc(C)c([N+](=O)[O-])c1. The van der Waals surface area contributed by atoms with Crippen LogP contribution < -0.4 is 10.6 Å². The Morgan fingerprint density at radius 3 is 2.76 bits per heavy atom. The number of hydrogen-bond acceptors (Lipinski definition) is 6. The van der Waals surface area contributed by atoms with Gasteiger partial charge in [0.25, 0.3) is 5.69 Å². The van der Waals surface area contributed by atoms with Crippen molar-refractivity contribution in [3.05, 3.63) is 50.7 Å². The zero-order chi connectivity index (χ0) is 18.6. The molecule has 0 bridgehead atoms. The number of allylic oxidation sites excluding steroid dienone is 1. The highest BCUT2D eigenvalue weighted by atomic mass is 32.2. The molecule has 8 nitrogen and oxygen atoms in total. The first-order chi connectivity index (χ1) is 11.8. The number of hydrogen-bond donors (Lipinski definition) is 2. The van der Waals surface area contributed by atoms with Crippen LogP contribution in [0.3, 0.4) is 0 Å². The minimum absolute atomic E-state index is 0.0713. The van der Waals surface area contributed by atoms with Gasteiger partial charge >= 0.3 is 12.0 Å². The Morgan fingerprint density at radius 2 is 2.12 bits per heavy atom. The van der Waals surface area contributed by atoms with Gasteiger partial charge < -0.3 is 15.4 Å². The Bertz CT molecular complexity index is 747. The number of amides is 2. The maximum atomic E-state index is 12.4. The number of rotatable bonds is 6. The number of nitrogens with zero attached hydrogens (tertiary/aromatic N) is 1. The van der Waals surface area contributed by atoms with E-state index in [0.29, 0.717) is 22.6 Å². The van der Waals surface area contributed by atoms with Crippen LogP contribution in [0.1, 0.15) is 24.1 Å². The van der Waals surface area contributed by atoms with Gasteiger partial charge in [0, 0.05) is 23.1 Å². The molecule has 1 aliphatic rings. The zero-order valence-corrected chi connectivity index (χ0v) is 14.9. The highest BCUT2D eigenvalue weighted by Crippen LogP contribution is 2.31. The van der Waals surface area contributed by atoms with E-state index in [2.05, 4.69) is 10.6 Å². The molecule has 1 aliphatic heterocycles. The Morgan fingerprint density at radius 1 is 1.40 bits per heavy atom. The molecular formula is C16H19N3O5S. The number of nitrogens with one attached hydrogen (secondary N) is 2. The van der Waals surface area contributed by atoms with Crippen LogP contribution in [0.25, 0.3) is 0 Å². The second kappa shape index (κ2) is 8.02. The molecular weight excluding hydrogens is 346 g/mol. The van der Waals surface area contributed by atoms with E-state index in [9.17, 15) is 19.7 Å². The maximum absolute atomic E-state index is 12.4. The zero-order valence-electron chi connectivity index (χ0n) is 14.1. The van der Waals surface area contributed by atoms with Crippen molar-refractivity contribution in [1.82, 2.24) is 10.6 Å². The standard InChI is InChI=1S/C16H19N3O5S/c1-9-4-5-11(8-12(9)19(22)23)14-13(10(2)17-16(21)18-14)15(20)24-6-7-25-3/h4-5,8,14H,6-7H2,1-3H3,(H2,17,18,21)/t14-/m0/s1. The fourth-order valence-electron chi connectivity index (χ4n) is 2.51. The molecule has 2 rings (SSSR count). The quantitative estimate of drug-likeness (QED) is 0.347. The van der Waals surface area contributed by atoms with Crippen LogP contribution in [-0.2, 0) is 9.53 Å². The van der Waals surface area contributed by atoms with Gasteiger partial charge in [-0.2, -0.15) is 11.8 Å². The Balaban J connectivity index is 2.40. The van der Waals surface area contributed by atoms with E-state index < -0.39 is 23.0 Å². The van der Waals surface area contributed by atoms with Gasteiger partial charge in [-0.1, -0.05) is 12.1 Å². The Hall–Kier alpha value is -2.55. The van der Waals surface area contributed by atoms with Crippen LogP contribution in [0, 0.1) is 17.0 Å². The Labute approximate surface area is 149 Å². The number of urea groups is 1. The third kappa shape index (κ3) is 4.30. The number of thioether (sulfide) groups is 1. The van der Waals surface area contributed by atoms with E-state index in [1.807, 2.05) is 6.26 Å². The first-order valence-electron chi connectivity index (χ1n) is 7.54. The Kier molecular flexibility index (Phi) is 6.02. The lowest BCUT2D eigenvalue weighted by Crippen LogP contribution is -2.45. The van der Waals surface area contributed by atoms with E-state index >= 15 is 0 Å². The molecule has 134 valence electrons. The molecule has 0 aliphatic carbocycles. The molecule has 0 fully saturated rings. The summed E-state index contributed by atoms with van der Waals surface area (Å²) in [5.74, 6) is 0.0886. The summed E-state index contributed by atoms with van der Waals surface area (Å²) in [4.78, 5) is 35.0. The first kappa shape index (κ1) is 18.8.